The summed E-state index contributed by atoms with van der Waals surface area (Å²) in [5.74, 6) is -1.83. The zero-order valence-electron chi connectivity index (χ0n) is 10.1. The van der Waals surface area contributed by atoms with Crippen LogP contribution in [0.1, 0.15) is 13.3 Å². The van der Waals surface area contributed by atoms with Crippen molar-refractivity contribution in [1.82, 2.24) is 0 Å². The molecule has 2 aromatic rings. The minimum Gasteiger partial charge on any atom is -0.490 e. The van der Waals surface area contributed by atoms with E-state index in [0.29, 0.717) is 12.2 Å². The molecule has 18 heavy (non-hydrogen) atoms. The molecule has 0 radical (unpaired) electrons. The quantitative estimate of drug-likeness (QED) is 0.778. The lowest BCUT2D eigenvalue weighted by atomic mass is 10.0. The van der Waals surface area contributed by atoms with Crippen molar-refractivity contribution in [2.75, 3.05) is 6.61 Å². The molecule has 0 bridgehead atoms. The molecule has 0 aliphatic heterocycles. The van der Waals surface area contributed by atoms with Crippen LogP contribution >= 0.6 is 0 Å². The Kier molecular flexibility index (Phi) is 3.92. The highest BCUT2D eigenvalue weighted by molar-refractivity contribution is 5.65. The smallest absolute Gasteiger partial charge is 0.201 e. The fourth-order valence-corrected chi connectivity index (χ4v) is 1.70. The van der Waals surface area contributed by atoms with Gasteiger partial charge in [-0.05, 0) is 24.1 Å². The molecule has 0 saturated heterocycles. The number of benzene rings is 2. The van der Waals surface area contributed by atoms with Gasteiger partial charge in [-0.15, -0.1) is 0 Å². The number of hydrogen-bond donors (Lipinski definition) is 0. The topological polar surface area (TPSA) is 9.23 Å². The normalized spacial score (nSPS) is 10.4. The third kappa shape index (κ3) is 2.50. The lowest BCUT2D eigenvalue weighted by Crippen LogP contribution is -2.00. The minimum atomic E-state index is -0.926. The van der Waals surface area contributed by atoms with Gasteiger partial charge in [0.25, 0.3) is 0 Å². The van der Waals surface area contributed by atoms with E-state index in [2.05, 4.69) is 0 Å². The van der Waals surface area contributed by atoms with Crippen molar-refractivity contribution in [2.24, 2.45) is 0 Å². The van der Waals surface area contributed by atoms with Gasteiger partial charge in [-0.3, -0.25) is 0 Å². The largest absolute Gasteiger partial charge is 0.490 e. The summed E-state index contributed by atoms with van der Waals surface area (Å²) in [6, 6.07) is 11.9. The van der Waals surface area contributed by atoms with E-state index < -0.39 is 11.6 Å². The van der Waals surface area contributed by atoms with Crippen LogP contribution in [-0.4, -0.2) is 6.61 Å². The number of rotatable bonds is 4. The molecule has 0 heterocycles. The predicted octanol–water partition coefficient (Wildman–Crippen LogP) is 4.42. The second-order valence-corrected chi connectivity index (χ2v) is 3.95. The fraction of sp³-hybridized carbons (Fsp3) is 0.200. The van der Waals surface area contributed by atoms with Gasteiger partial charge in [0.2, 0.25) is 5.82 Å². The predicted molar refractivity (Wildman–Crippen MR) is 67.6 cm³/mol. The van der Waals surface area contributed by atoms with E-state index in [1.165, 1.54) is 6.07 Å². The highest BCUT2D eigenvalue weighted by Gasteiger charge is 2.15. The first-order valence-corrected chi connectivity index (χ1v) is 5.90. The van der Waals surface area contributed by atoms with E-state index in [4.69, 9.17) is 4.74 Å². The molecule has 2 aromatic carbocycles. The number of hydrogen-bond acceptors (Lipinski definition) is 1. The van der Waals surface area contributed by atoms with Crippen LogP contribution < -0.4 is 4.74 Å². The molecule has 0 aliphatic rings. The van der Waals surface area contributed by atoms with E-state index in [1.807, 2.05) is 13.0 Å². The third-order valence-electron chi connectivity index (χ3n) is 2.59. The lowest BCUT2D eigenvalue weighted by molar-refractivity contribution is 0.295. The molecule has 0 amide bonds. The van der Waals surface area contributed by atoms with Crippen molar-refractivity contribution < 1.29 is 13.5 Å². The van der Waals surface area contributed by atoms with E-state index >= 15 is 0 Å². The van der Waals surface area contributed by atoms with Crippen molar-refractivity contribution in [3.05, 3.63) is 54.1 Å². The van der Waals surface area contributed by atoms with Crippen LogP contribution in [0.2, 0.25) is 0 Å². The lowest BCUT2D eigenvalue weighted by Gasteiger charge is -2.09. The van der Waals surface area contributed by atoms with Crippen LogP contribution in [0, 0.1) is 11.6 Å². The molecule has 0 fully saturated rings. The molecule has 0 atom stereocenters. The van der Waals surface area contributed by atoms with Crippen molar-refractivity contribution in [3.8, 4) is 16.9 Å². The molecule has 0 spiro atoms. The third-order valence-corrected chi connectivity index (χ3v) is 2.59. The van der Waals surface area contributed by atoms with Crippen molar-refractivity contribution in [2.45, 2.75) is 13.3 Å². The Labute approximate surface area is 105 Å². The van der Waals surface area contributed by atoms with Gasteiger partial charge >= 0.3 is 0 Å². The van der Waals surface area contributed by atoms with Crippen LogP contribution in [0.15, 0.2) is 42.5 Å². The highest BCUT2D eigenvalue weighted by atomic mass is 19.2. The molecule has 0 N–H and O–H groups in total. The van der Waals surface area contributed by atoms with Crippen molar-refractivity contribution in [1.29, 1.82) is 0 Å². The maximum atomic E-state index is 13.9. The maximum absolute atomic E-state index is 13.9. The summed E-state index contributed by atoms with van der Waals surface area (Å²) in [4.78, 5) is 0. The molecular formula is C15H14F2O. The van der Waals surface area contributed by atoms with E-state index in [1.54, 1.807) is 30.3 Å². The van der Waals surface area contributed by atoms with Crippen molar-refractivity contribution in [3.63, 3.8) is 0 Å². The average Bonchev–Trinajstić information content (AvgIpc) is 2.41. The molecule has 3 heteroatoms. The first-order chi connectivity index (χ1) is 8.74. The van der Waals surface area contributed by atoms with Gasteiger partial charge in [-0.1, -0.05) is 37.3 Å². The summed E-state index contributed by atoms with van der Waals surface area (Å²) < 4.78 is 32.8. The Hall–Kier alpha value is -1.90. The van der Waals surface area contributed by atoms with Crippen LogP contribution in [0.3, 0.4) is 0 Å². The first kappa shape index (κ1) is 12.6. The fourth-order valence-electron chi connectivity index (χ4n) is 1.70. The Morgan fingerprint density at radius 2 is 1.67 bits per heavy atom. The average molecular weight is 248 g/mol. The Bertz CT molecular complexity index is 524. The van der Waals surface area contributed by atoms with Crippen molar-refractivity contribution >= 4 is 0 Å². The van der Waals surface area contributed by atoms with Gasteiger partial charge in [0.1, 0.15) is 0 Å². The summed E-state index contributed by atoms with van der Waals surface area (Å²) in [6.45, 7) is 2.29. The van der Waals surface area contributed by atoms with Gasteiger partial charge < -0.3 is 4.74 Å². The standard InChI is InChI=1S/C15H14F2O/c1-2-10-18-13-9-8-12(14(16)15(13)17)11-6-4-3-5-7-11/h3-9H,2,10H2,1H3. The Balaban J connectivity index is 2.38. The van der Waals surface area contributed by atoms with Crippen LogP contribution in [0.4, 0.5) is 8.78 Å². The monoisotopic (exact) mass is 248 g/mol. The Morgan fingerprint density at radius 3 is 2.33 bits per heavy atom. The molecule has 2 rings (SSSR count). The number of halogens is 2. The zero-order chi connectivity index (χ0) is 13.0. The van der Waals surface area contributed by atoms with E-state index in [-0.39, 0.29) is 11.3 Å². The molecule has 0 aliphatic carbocycles. The summed E-state index contributed by atoms with van der Waals surface area (Å²) in [5.41, 5.74) is 0.896. The highest BCUT2D eigenvalue weighted by Crippen LogP contribution is 2.29. The zero-order valence-corrected chi connectivity index (χ0v) is 10.1. The first-order valence-electron chi connectivity index (χ1n) is 5.90. The SMILES string of the molecule is CCCOc1ccc(-c2ccccc2)c(F)c1F. The Morgan fingerprint density at radius 1 is 0.944 bits per heavy atom. The molecule has 94 valence electrons. The molecular weight excluding hydrogens is 234 g/mol. The molecule has 0 aromatic heterocycles. The second kappa shape index (κ2) is 5.63. The minimum absolute atomic E-state index is 0.0333. The second-order valence-electron chi connectivity index (χ2n) is 3.95. The molecule has 0 saturated carbocycles. The van der Waals surface area contributed by atoms with Gasteiger partial charge in [0.15, 0.2) is 11.6 Å². The molecule has 1 nitrogen and oxygen atoms in total. The van der Waals surface area contributed by atoms with Gasteiger partial charge in [0.05, 0.1) is 6.61 Å². The van der Waals surface area contributed by atoms with Crippen LogP contribution in [0.25, 0.3) is 11.1 Å². The maximum Gasteiger partial charge on any atom is 0.201 e. The molecule has 0 unspecified atom stereocenters. The summed E-state index contributed by atoms with van der Waals surface area (Å²) in [6.07, 6.45) is 0.751. The van der Waals surface area contributed by atoms with Gasteiger partial charge in [-0.2, -0.15) is 4.39 Å². The van der Waals surface area contributed by atoms with Gasteiger partial charge in [-0.25, -0.2) is 4.39 Å². The number of ether oxygens (including phenoxy) is 1. The summed E-state index contributed by atoms with van der Waals surface area (Å²) >= 11 is 0. The van der Waals surface area contributed by atoms with Gasteiger partial charge in [0, 0.05) is 5.56 Å². The van der Waals surface area contributed by atoms with Crippen LogP contribution in [0.5, 0.6) is 5.75 Å². The van der Waals surface area contributed by atoms with E-state index in [9.17, 15) is 8.78 Å². The van der Waals surface area contributed by atoms with E-state index in [0.717, 1.165) is 6.42 Å². The summed E-state index contributed by atoms with van der Waals surface area (Å²) in [5, 5.41) is 0. The summed E-state index contributed by atoms with van der Waals surface area (Å²) in [7, 11) is 0. The van der Waals surface area contributed by atoms with Crippen LogP contribution in [-0.2, 0) is 0 Å².